The molecule has 0 saturated carbocycles. The van der Waals surface area contributed by atoms with E-state index < -0.39 is 0 Å². The number of nitrogens with one attached hydrogen (secondary N) is 1. The summed E-state index contributed by atoms with van der Waals surface area (Å²) >= 11 is 3.76. The van der Waals surface area contributed by atoms with Crippen LogP contribution in [-0.2, 0) is 9.59 Å². The van der Waals surface area contributed by atoms with Crippen LogP contribution >= 0.6 is 33.9 Å². The first-order valence-corrected chi connectivity index (χ1v) is 7.04. The molecule has 1 fully saturated rings. The van der Waals surface area contributed by atoms with Gasteiger partial charge >= 0.3 is 0 Å². The Kier molecular flexibility index (Phi) is 3.48. The highest BCUT2D eigenvalue weighted by atomic mass is 127. The Morgan fingerprint density at radius 3 is 2.88 bits per heavy atom. The summed E-state index contributed by atoms with van der Waals surface area (Å²) in [6.45, 7) is 1.55. The zero-order chi connectivity index (χ0) is 11.7. The number of thiophene rings is 1. The van der Waals surface area contributed by atoms with Gasteiger partial charge in [-0.15, -0.1) is 0 Å². The average molecular weight is 350 g/mol. The number of β-lactam (4-membered cyclic amide) rings is 1. The van der Waals surface area contributed by atoms with Crippen molar-refractivity contribution in [2.75, 3.05) is 4.90 Å². The minimum Gasteiger partial charge on any atom is -0.350 e. The molecule has 86 valence electrons. The Hall–Kier alpha value is -0.630. The van der Waals surface area contributed by atoms with Crippen LogP contribution < -0.4 is 10.2 Å². The number of halogens is 1. The molecular formula is C10H11IN2O2S. The normalized spacial score (nSPS) is 20.9. The number of carbonyl (C=O) groups is 2. The van der Waals surface area contributed by atoms with Gasteiger partial charge < -0.3 is 5.32 Å². The summed E-state index contributed by atoms with van der Waals surface area (Å²) in [6, 6.07) is 1.98. The lowest BCUT2D eigenvalue weighted by atomic mass is 10.1. The van der Waals surface area contributed by atoms with Crippen molar-refractivity contribution in [2.45, 2.75) is 23.4 Å². The summed E-state index contributed by atoms with van der Waals surface area (Å²) < 4.78 is -0.0256. The summed E-state index contributed by atoms with van der Waals surface area (Å²) in [5, 5.41) is 6.68. The maximum atomic E-state index is 11.6. The first-order chi connectivity index (χ1) is 7.59. The van der Waals surface area contributed by atoms with Crippen LogP contribution in [0.15, 0.2) is 16.8 Å². The molecule has 0 aromatic carbocycles. The first kappa shape index (κ1) is 11.8. The number of rotatable bonds is 3. The minimum absolute atomic E-state index is 0.000973. The zero-order valence-corrected chi connectivity index (χ0v) is 11.6. The van der Waals surface area contributed by atoms with Gasteiger partial charge in [0.15, 0.2) is 0 Å². The van der Waals surface area contributed by atoms with E-state index in [4.69, 9.17) is 0 Å². The van der Waals surface area contributed by atoms with Gasteiger partial charge in [-0.3, -0.25) is 14.5 Å². The van der Waals surface area contributed by atoms with Gasteiger partial charge in [0.05, 0.1) is 11.7 Å². The van der Waals surface area contributed by atoms with Crippen LogP contribution in [0.2, 0.25) is 0 Å². The van der Waals surface area contributed by atoms with E-state index in [0.717, 1.165) is 5.69 Å². The Morgan fingerprint density at radius 1 is 1.75 bits per heavy atom. The number of hydrogen-bond donors (Lipinski definition) is 1. The monoisotopic (exact) mass is 350 g/mol. The number of carbonyl (C=O) groups excluding carboxylic acids is 2. The van der Waals surface area contributed by atoms with Crippen molar-refractivity contribution in [3.05, 3.63) is 16.8 Å². The fourth-order valence-corrected chi connectivity index (χ4v) is 3.40. The molecule has 1 saturated heterocycles. The van der Waals surface area contributed by atoms with E-state index in [1.54, 1.807) is 23.2 Å². The molecule has 0 spiro atoms. The van der Waals surface area contributed by atoms with Gasteiger partial charge in [-0.05, 0) is 11.4 Å². The van der Waals surface area contributed by atoms with Crippen molar-refractivity contribution in [2.24, 2.45) is 0 Å². The van der Waals surface area contributed by atoms with Gasteiger partial charge in [0, 0.05) is 18.7 Å². The standard InChI is InChI=1S/C10H11IN2O2S/c1-6(14)13(7-2-3-16-5-7)10(11)8-4-9(15)12-8/h2-3,5,8,10H,4H2,1H3,(H,12,15). The molecule has 2 atom stereocenters. The minimum atomic E-state index is -0.0256. The van der Waals surface area contributed by atoms with E-state index in [1.165, 1.54) is 0 Å². The molecule has 0 bridgehead atoms. The lowest BCUT2D eigenvalue weighted by Crippen LogP contribution is -2.58. The summed E-state index contributed by atoms with van der Waals surface area (Å²) in [7, 11) is 0. The molecule has 1 aromatic heterocycles. The summed E-state index contributed by atoms with van der Waals surface area (Å²) in [6.07, 6.45) is 0.502. The molecule has 4 nitrogen and oxygen atoms in total. The number of hydrogen-bond acceptors (Lipinski definition) is 3. The van der Waals surface area contributed by atoms with Crippen LogP contribution in [0.25, 0.3) is 0 Å². The third kappa shape index (κ3) is 2.22. The van der Waals surface area contributed by atoms with Crippen LogP contribution in [0.4, 0.5) is 5.69 Å². The number of nitrogens with zero attached hydrogens (tertiary/aromatic N) is 1. The Labute approximate surface area is 111 Å². The van der Waals surface area contributed by atoms with Crippen molar-refractivity contribution in [1.82, 2.24) is 5.32 Å². The van der Waals surface area contributed by atoms with E-state index in [0.29, 0.717) is 6.42 Å². The highest BCUT2D eigenvalue weighted by Gasteiger charge is 2.36. The first-order valence-electron chi connectivity index (χ1n) is 4.85. The van der Waals surface area contributed by atoms with Crippen molar-refractivity contribution in [1.29, 1.82) is 0 Å². The average Bonchev–Trinajstić information content (AvgIpc) is 2.65. The fraction of sp³-hybridized carbons (Fsp3) is 0.400. The van der Waals surface area contributed by atoms with Gasteiger partial charge in [0.2, 0.25) is 11.8 Å². The van der Waals surface area contributed by atoms with Crippen LogP contribution in [0.5, 0.6) is 0 Å². The van der Waals surface area contributed by atoms with Crippen molar-refractivity contribution in [3.63, 3.8) is 0 Å². The van der Waals surface area contributed by atoms with Gasteiger partial charge in [-0.2, -0.15) is 11.3 Å². The predicted octanol–water partition coefficient (Wildman–Crippen LogP) is 1.75. The highest BCUT2D eigenvalue weighted by Crippen LogP contribution is 2.28. The van der Waals surface area contributed by atoms with Gasteiger partial charge in [-0.1, -0.05) is 22.6 Å². The van der Waals surface area contributed by atoms with E-state index in [2.05, 4.69) is 27.9 Å². The topological polar surface area (TPSA) is 49.4 Å². The molecule has 1 N–H and O–H groups in total. The highest BCUT2D eigenvalue weighted by molar-refractivity contribution is 14.1. The van der Waals surface area contributed by atoms with Gasteiger partial charge in [0.1, 0.15) is 4.05 Å². The lowest BCUT2D eigenvalue weighted by molar-refractivity contribution is -0.128. The van der Waals surface area contributed by atoms with Crippen LogP contribution in [0.1, 0.15) is 13.3 Å². The molecule has 2 rings (SSSR count). The van der Waals surface area contributed by atoms with E-state index in [9.17, 15) is 9.59 Å². The molecule has 0 aliphatic carbocycles. The Bertz CT molecular complexity index is 399. The summed E-state index contributed by atoms with van der Waals surface area (Å²) in [4.78, 5) is 24.2. The smallest absolute Gasteiger partial charge is 0.224 e. The van der Waals surface area contributed by atoms with Crippen molar-refractivity contribution >= 4 is 51.4 Å². The van der Waals surface area contributed by atoms with E-state index >= 15 is 0 Å². The van der Waals surface area contributed by atoms with Gasteiger partial charge in [-0.25, -0.2) is 0 Å². The zero-order valence-electron chi connectivity index (χ0n) is 8.64. The van der Waals surface area contributed by atoms with Crippen LogP contribution in [0.3, 0.4) is 0 Å². The quantitative estimate of drug-likeness (QED) is 0.391. The number of alkyl halides is 1. The van der Waals surface area contributed by atoms with E-state index in [1.807, 2.05) is 16.8 Å². The molecule has 16 heavy (non-hydrogen) atoms. The molecule has 1 aliphatic heterocycles. The molecule has 6 heteroatoms. The summed E-state index contributed by atoms with van der Waals surface area (Å²) in [5.41, 5.74) is 0.901. The number of anilines is 1. The van der Waals surface area contributed by atoms with Crippen molar-refractivity contribution < 1.29 is 9.59 Å². The molecule has 2 unspecified atom stereocenters. The van der Waals surface area contributed by atoms with Crippen LogP contribution in [0, 0.1) is 0 Å². The second-order valence-corrected chi connectivity index (χ2v) is 5.68. The second-order valence-electron chi connectivity index (χ2n) is 3.62. The third-order valence-electron chi connectivity index (χ3n) is 2.45. The van der Waals surface area contributed by atoms with Gasteiger partial charge in [0.25, 0.3) is 0 Å². The Morgan fingerprint density at radius 2 is 2.44 bits per heavy atom. The Balaban J connectivity index is 2.14. The molecule has 0 radical (unpaired) electrons. The number of amides is 2. The molecule has 2 heterocycles. The summed E-state index contributed by atoms with van der Waals surface area (Å²) in [5.74, 6) is 0.0550. The van der Waals surface area contributed by atoms with Crippen molar-refractivity contribution in [3.8, 4) is 0 Å². The third-order valence-corrected chi connectivity index (χ3v) is 4.55. The maximum absolute atomic E-state index is 11.6. The second kappa shape index (κ2) is 4.70. The molecule has 1 aromatic rings. The SMILES string of the molecule is CC(=O)N(c1ccsc1)C(I)C1CC(=O)N1. The van der Waals surface area contributed by atoms with E-state index in [-0.39, 0.29) is 21.9 Å². The molecular weight excluding hydrogens is 339 g/mol. The maximum Gasteiger partial charge on any atom is 0.224 e. The lowest BCUT2D eigenvalue weighted by Gasteiger charge is -2.37. The van der Waals surface area contributed by atoms with Crippen LogP contribution in [-0.4, -0.2) is 21.9 Å². The fourth-order valence-electron chi connectivity index (χ4n) is 1.62. The predicted molar refractivity (Wildman–Crippen MR) is 71.8 cm³/mol. The molecule has 1 aliphatic rings. The molecule has 2 amide bonds. The largest absolute Gasteiger partial charge is 0.350 e.